The lowest BCUT2D eigenvalue weighted by Crippen LogP contribution is -2.45. The molecule has 0 aliphatic rings. The Kier molecular flexibility index (Phi) is 59.0. The van der Waals surface area contributed by atoms with E-state index in [0.29, 0.717) is 25.9 Å². The SMILES string of the molecule is CCCCC/C=C\C/C=C\CCCCCCCCCCCC(=O)OCCCCCCCC/C=C\C/C=C\CCC(=O)NC(CO)C(O)/C=C/CCCCCCCCCCCCCCCCCCCCCCC. The number of allylic oxidation sites excluding steroid dienone is 9. The van der Waals surface area contributed by atoms with Crippen LogP contribution < -0.4 is 5.32 Å². The Morgan fingerprint density at radius 2 is 0.708 bits per heavy atom. The molecule has 0 aliphatic carbocycles. The van der Waals surface area contributed by atoms with Crippen LogP contribution in [0.25, 0.3) is 0 Å². The first-order chi connectivity index (χ1) is 35.5. The summed E-state index contributed by atoms with van der Waals surface area (Å²) in [6, 6.07) is -0.675. The van der Waals surface area contributed by atoms with Crippen molar-refractivity contribution < 1.29 is 24.5 Å². The summed E-state index contributed by atoms with van der Waals surface area (Å²) in [7, 11) is 0. The van der Waals surface area contributed by atoms with Crippen LogP contribution in [0.3, 0.4) is 0 Å². The fraction of sp³-hybridized carbons (Fsp3) is 0.818. The minimum Gasteiger partial charge on any atom is -0.466 e. The molecule has 0 bridgehead atoms. The maximum absolute atomic E-state index is 12.5. The number of carbonyl (C=O) groups is 2. The van der Waals surface area contributed by atoms with E-state index in [-0.39, 0.29) is 18.5 Å². The highest BCUT2D eigenvalue weighted by Crippen LogP contribution is 2.17. The molecule has 0 heterocycles. The molecule has 6 heteroatoms. The summed E-state index contributed by atoms with van der Waals surface area (Å²) in [6.45, 7) is 4.83. The van der Waals surface area contributed by atoms with Crippen LogP contribution in [0, 0.1) is 0 Å². The summed E-state index contributed by atoms with van der Waals surface area (Å²) in [5.74, 6) is -0.169. The van der Waals surface area contributed by atoms with Gasteiger partial charge in [-0.15, -0.1) is 0 Å². The first kappa shape index (κ1) is 69.6. The molecule has 1 amide bonds. The molecule has 0 aromatic rings. The molecular weight excluding hydrogens is 887 g/mol. The zero-order valence-corrected chi connectivity index (χ0v) is 47.9. The zero-order chi connectivity index (χ0) is 52.2. The molecule has 0 fully saturated rings. The van der Waals surface area contributed by atoms with Gasteiger partial charge in [0.2, 0.25) is 5.91 Å². The molecule has 0 saturated carbocycles. The minimum absolute atomic E-state index is 0.0223. The Balaban J connectivity index is 3.56. The van der Waals surface area contributed by atoms with Crippen LogP contribution in [-0.4, -0.2) is 47.4 Å². The second kappa shape index (κ2) is 61.1. The standard InChI is InChI=1S/C66H121NO5/c1-3-5-7-9-11-13-15-17-19-21-23-24-25-26-28-29-31-34-38-42-46-50-54-58-64(69)63(62-68)67-65(70)59-55-51-47-43-39-35-33-37-41-45-49-53-57-61-72-66(71)60-56-52-48-44-40-36-32-30-27-22-20-18-16-14-12-10-8-6-4-2/h12,14,18,20,35,39,47,51,54,58,63-64,68-69H,3-11,13,15-17,19,21-34,36-38,40-46,48-50,52-53,55-57,59-62H2,1-2H3,(H,67,70)/b14-12-,20-18-,39-35-,51-47-,58-54+. The topological polar surface area (TPSA) is 95.9 Å². The van der Waals surface area contributed by atoms with Gasteiger partial charge in [0.1, 0.15) is 0 Å². The van der Waals surface area contributed by atoms with Gasteiger partial charge in [-0.3, -0.25) is 9.59 Å². The fourth-order valence-electron chi connectivity index (χ4n) is 9.42. The number of aliphatic hydroxyl groups excluding tert-OH is 2. The van der Waals surface area contributed by atoms with E-state index in [1.54, 1.807) is 6.08 Å². The Morgan fingerprint density at radius 3 is 1.11 bits per heavy atom. The molecule has 0 aromatic heterocycles. The molecule has 420 valence electrons. The van der Waals surface area contributed by atoms with E-state index < -0.39 is 12.1 Å². The third kappa shape index (κ3) is 56.8. The van der Waals surface area contributed by atoms with Gasteiger partial charge in [0, 0.05) is 12.8 Å². The van der Waals surface area contributed by atoms with E-state index in [9.17, 15) is 19.8 Å². The number of rotatable bonds is 58. The van der Waals surface area contributed by atoms with E-state index in [2.05, 4.69) is 61.7 Å². The second-order valence-corrected chi connectivity index (χ2v) is 21.4. The van der Waals surface area contributed by atoms with Crippen LogP contribution in [0.4, 0.5) is 0 Å². The lowest BCUT2D eigenvalue weighted by molar-refractivity contribution is -0.143. The second-order valence-electron chi connectivity index (χ2n) is 21.4. The van der Waals surface area contributed by atoms with E-state index in [0.717, 1.165) is 57.8 Å². The van der Waals surface area contributed by atoms with Crippen molar-refractivity contribution in [2.24, 2.45) is 0 Å². The van der Waals surface area contributed by atoms with Crippen molar-refractivity contribution in [3.05, 3.63) is 60.8 Å². The van der Waals surface area contributed by atoms with Crippen molar-refractivity contribution in [2.45, 2.75) is 334 Å². The summed E-state index contributed by atoms with van der Waals surface area (Å²) >= 11 is 0. The van der Waals surface area contributed by atoms with E-state index in [1.165, 1.54) is 231 Å². The number of nitrogens with one attached hydrogen (secondary N) is 1. The zero-order valence-electron chi connectivity index (χ0n) is 47.9. The molecule has 0 aliphatic heterocycles. The normalized spacial score (nSPS) is 13.0. The highest BCUT2D eigenvalue weighted by Gasteiger charge is 2.17. The van der Waals surface area contributed by atoms with Gasteiger partial charge in [0.05, 0.1) is 25.4 Å². The molecule has 2 unspecified atom stereocenters. The van der Waals surface area contributed by atoms with Gasteiger partial charge in [-0.1, -0.05) is 286 Å². The van der Waals surface area contributed by atoms with Crippen LogP contribution in [0.2, 0.25) is 0 Å². The summed E-state index contributed by atoms with van der Waals surface area (Å²) in [6.07, 6.45) is 79.9. The molecular formula is C66H121NO5. The first-order valence-corrected chi connectivity index (χ1v) is 31.6. The van der Waals surface area contributed by atoms with Crippen LogP contribution >= 0.6 is 0 Å². The Hall–Kier alpha value is -2.44. The monoisotopic (exact) mass is 1010 g/mol. The Morgan fingerprint density at radius 1 is 0.389 bits per heavy atom. The molecule has 0 aromatic carbocycles. The predicted octanol–water partition coefficient (Wildman–Crippen LogP) is 19.9. The molecule has 6 nitrogen and oxygen atoms in total. The van der Waals surface area contributed by atoms with Crippen LogP contribution in [-0.2, 0) is 14.3 Å². The average molecular weight is 1010 g/mol. The van der Waals surface area contributed by atoms with Crippen molar-refractivity contribution in [1.29, 1.82) is 0 Å². The van der Waals surface area contributed by atoms with Gasteiger partial charge in [0.25, 0.3) is 0 Å². The summed E-state index contributed by atoms with van der Waals surface area (Å²) in [4.78, 5) is 24.6. The van der Waals surface area contributed by atoms with Crippen molar-refractivity contribution in [1.82, 2.24) is 5.32 Å². The highest BCUT2D eigenvalue weighted by molar-refractivity contribution is 5.76. The molecule has 0 saturated heterocycles. The Bertz CT molecular complexity index is 1250. The maximum atomic E-state index is 12.5. The number of hydrogen-bond acceptors (Lipinski definition) is 5. The number of amides is 1. The lowest BCUT2D eigenvalue weighted by atomic mass is 10.0. The van der Waals surface area contributed by atoms with E-state index >= 15 is 0 Å². The van der Waals surface area contributed by atoms with E-state index in [1.807, 2.05) is 12.2 Å². The minimum atomic E-state index is -0.882. The molecule has 0 radical (unpaired) electrons. The summed E-state index contributed by atoms with van der Waals surface area (Å²) < 4.78 is 5.47. The van der Waals surface area contributed by atoms with Crippen molar-refractivity contribution in [2.75, 3.05) is 13.2 Å². The molecule has 2 atom stereocenters. The number of aliphatic hydroxyl groups is 2. The smallest absolute Gasteiger partial charge is 0.305 e. The summed E-state index contributed by atoms with van der Waals surface area (Å²) in [5, 5.41) is 23.1. The van der Waals surface area contributed by atoms with Crippen LogP contribution in [0.1, 0.15) is 322 Å². The number of carbonyl (C=O) groups excluding carboxylic acids is 2. The quantitative estimate of drug-likeness (QED) is 0.0320. The molecule has 0 rings (SSSR count). The highest BCUT2D eigenvalue weighted by atomic mass is 16.5. The maximum Gasteiger partial charge on any atom is 0.305 e. The van der Waals surface area contributed by atoms with Crippen molar-refractivity contribution in [3.63, 3.8) is 0 Å². The lowest BCUT2D eigenvalue weighted by Gasteiger charge is -2.19. The Labute approximate surface area is 448 Å². The van der Waals surface area contributed by atoms with Crippen LogP contribution in [0.5, 0.6) is 0 Å². The number of unbranched alkanes of at least 4 members (excludes halogenated alkanes) is 39. The van der Waals surface area contributed by atoms with Gasteiger partial charge in [-0.25, -0.2) is 0 Å². The largest absolute Gasteiger partial charge is 0.466 e. The van der Waals surface area contributed by atoms with Crippen LogP contribution in [0.15, 0.2) is 60.8 Å². The summed E-state index contributed by atoms with van der Waals surface area (Å²) in [5.41, 5.74) is 0. The predicted molar refractivity (Wildman–Crippen MR) is 315 cm³/mol. The third-order valence-corrected chi connectivity index (χ3v) is 14.3. The van der Waals surface area contributed by atoms with E-state index in [4.69, 9.17) is 4.74 Å². The number of hydrogen-bond donors (Lipinski definition) is 3. The number of esters is 1. The van der Waals surface area contributed by atoms with Crippen molar-refractivity contribution >= 4 is 11.9 Å². The third-order valence-electron chi connectivity index (χ3n) is 14.3. The molecule has 3 N–H and O–H groups in total. The first-order valence-electron chi connectivity index (χ1n) is 31.6. The van der Waals surface area contributed by atoms with Gasteiger partial charge >= 0.3 is 5.97 Å². The van der Waals surface area contributed by atoms with Gasteiger partial charge in [-0.05, 0) is 83.5 Å². The molecule has 72 heavy (non-hydrogen) atoms. The molecule has 0 spiro atoms. The fourth-order valence-corrected chi connectivity index (χ4v) is 9.42. The van der Waals surface area contributed by atoms with Gasteiger partial charge in [-0.2, -0.15) is 0 Å². The van der Waals surface area contributed by atoms with Gasteiger partial charge in [0.15, 0.2) is 0 Å². The van der Waals surface area contributed by atoms with Gasteiger partial charge < -0.3 is 20.3 Å². The van der Waals surface area contributed by atoms with Crippen molar-refractivity contribution in [3.8, 4) is 0 Å². The number of ether oxygens (including phenoxy) is 1. The average Bonchev–Trinajstić information content (AvgIpc) is 3.38.